The van der Waals surface area contributed by atoms with Crippen molar-refractivity contribution in [2.45, 2.75) is 142 Å². The van der Waals surface area contributed by atoms with E-state index in [4.69, 9.17) is 4.74 Å². The first kappa shape index (κ1) is 46.1. The second-order valence-electron chi connectivity index (χ2n) is 23.4. The van der Waals surface area contributed by atoms with Crippen LogP contribution in [0.1, 0.15) is 135 Å². The van der Waals surface area contributed by atoms with Gasteiger partial charge in [-0.3, -0.25) is 19.4 Å². The zero-order chi connectivity index (χ0) is 47.8. The number of aromatic nitrogens is 4. The third-order valence-corrected chi connectivity index (χ3v) is 18.0. The molecule has 2 aromatic carbocycles. The molecular formula is C55H64F4N8O3. The van der Waals surface area contributed by atoms with Crippen LogP contribution >= 0.6 is 0 Å². The number of rotatable bonds is 10. The Morgan fingerprint density at radius 1 is 0.629 bits per heavy atom. The third kappa shape index (κ3) is 9.57. The molecule has 0 radical (unpaired) electrons. The van der Waals surface area contributed by atoms with E-state index in [9.17, 15) is 27.2 Å². The number of carbonyl (C=O) groups is 2. The van der Waals surface area contributed by atoms with Gasteiger partial charge in [0.1, 0.15) is 35.9 Å². The fourth-order valence-corrected chi connectivity index (χ4v) is 16.1. The SMILES string of the molecule is O=C(CC12CC3CC(CC(C3)C1)C2)Nc1ncnc2c1CCN(Cc1ccc(F)c(C(F)(F)F)c1)C2.O=C(CC12CC3CC(CC(C3)C1)C2)Nc1ncnc2c1CCN(Cc1ccc3c(c1)CCO3)C2. The highest BCUT2D eigenvalue weighted by Crippen LogP contribution is 2.62. The van der Waals surface area contributed by atoms with Crippen molar-refractivity contribution in [3.63, 3.8) is 0 Å². The first-order chi connectivity index (χ1) is 33.8. The Labute approximate surface area is 407 Å². The first-order valence-electron chi connectivity index (χ1n) is 26.1. The van der Waals surface area contributed by atoms with Crippen molar-refractivity contribution in [3.05, 3.63) is 99.6 Å². The summed E-state index contributed by atoms with van der Waals surface area (Å²) in [5, 5.41) is 6.28. The van der Waals surface area contributed by atoms with E-state index >= 15 is 0 Å². The van der Waals surface area contributed by atoms with Crippen molar-refractivity contribution in [3.8, 4) is 5.75 Å². The molecule has 370 valence electrons. The molecule has 0 saturated heterocycles. The molecule has 2 amide bonds. The Hall–Kier alpha value is -5.02. The molecule has 3 aliphatic heterocycles. The van der Waals surface area contributed by atoms with Crippen molar-refractivity contribution < 1.29 is 31.9 Å². The Morgan fingerprint density at radius 3 is 1.56 bits per heavy atom. The minimum Gasteiger partial charge on any atom is -0.493 e. The summed E-state index contributed by atoms with van der Waals surface area (Å²) >= 11 is 0. The number of benzene rings is 2. The van der Waals surface area contributed by atoms with Gasteiger partial charge in [0.25, 0.3) is 0 Å². The average Bonchev–Trinajstić information content (AvgIpc) is 3.77. The van der Waals surface area contributed by atoms with Crippen LogP contribution in [0.2, 0.25) is 0 Å². The summed E-state index contributed by atoms with van der Waals surface area (Å²) in [5.74, 6) is 6.22. The Balaban J connectivity index is 0.000000144. The summed E-state index contributed by atoms with van der Waals surface area (Å²) < 4.78 is 58.5. The van der Waals surface area contributed by atoms with E-state index in [1.165, 1.54) is 101 Å². The van der Waals surface area contributed by atoms with Crippen LogP contribution < -0.4 is 15.4 Å². The topological polar surface area (TPSA) is 125 Å². The van der Waals surface area contributed by atoms with E-state index in [1.54, 1.807) is 6.33 Å². The molecule has 8 saturated carbocycles. The van der Waals surface area contributed by atoms with Crippen LogP contribution in [-0.4, -0.2) is 61.2 Å². The maximum absolute atomic E-state index is 13.6. The molecule has 8 aliphatic carbocycles. The van der Waals surface area contributed by atoms with Gasteiger partial charge in [-0.25, -0.2) is 24.3 Å². The van der Waals surface area contributed by atoms with Crippen LogP contribution in [0.4, 0.5) is 29.2 Å². The molecule has 2 N–H and O–H groups in total. The molecule has 11 nitrogen and oxygen atoms in total. The lowest BCUT2D eigenvalue weighted by molar-refractivity contribution is -0.140. The van der Waals surface area contributed by atoms with E-state index < -0.39 is 17.6 Å². The highest BCUT2D eigenvalue weighted by Gasteiger charge is 2.53. The number of halogens is 4. The number of ether oxygens (including phenoxy) is 1. The Morgan fingerprint density at radius 2 is 1.09 bits per heavy atom. The minimum absolute atomic E-state index is 0.0197. The number of hydrogen-bond donors (Lipinski definition) is 2. The predicted molar refractivity (Wildman–Crippen MR) is 254 cm³/mol. The van der Waals surface area contributed by atoms with Crippen molar-refractivity contribution in [1.82, 2.24) is 29.7 Å². The van der Waals surface area contributed by atoms with Crippen LogP contribution in [0, 0.1) is 52.2 Å². The van der Waals surface area contributed by atoms with E-state index in [0.29, 0.717) is 43.7 Å². The summed E-state index contributed by atoms with van der Waals surface area (Å²) in [6.45, 7) is 4.70. The van der Waals surface area contributed by atoms with Crippen LogP contribution in [0.3, 0.4) is 0 Å². The number of fused-ring (bicyclic) bond motifs is 3. The molecule has 70 heavy (non-hydrogen) atoms. The van der Waals surface area contributed by atoms with Crippen LogP contribution in [0.25, 0.3) is 0 Å². The van der Waals surface area contributed by atoms with Gasteiger partial charge in [-0.2, -0.15) is 13.2 Å². The quantitative estimate of drug-likeness (QED) is 0.150. The summed E-state index contributed by atoms with van der Waals surface area (Å²) in [6, 6.07) is 9.70. The number of amides is 2. The second-order valence-corrected chi connectivity index (χ2v) is 23.4. The summed E-state index contributed by atoms with van der Waals surface area (Å²) in [4.78, 5) is 48.6. The lowest BCUT2D eigenvalue weighted by atomic mass is 9.49. The number of alkyl halides is 3. The fraction of sp³-hybridized carbons (Fsp3) is 0.600. The standard InChI is InChI=1S/C28H34N4O2.C27H30F4N4O/c33-26(14-28-11-19-7-20(12-28)9-21(8-19)13-28)31-27-23-3-5-32(16-24(23)29-17-30-27)15-18-1-2-25-22(10-18)4-6-34-25;28-22-2-1-16(8-21(22)27(29,30)31)13-35-4-3-20-23(14-35)32-15-33-25(20)34-24(36)12-26-9-17-5-18(10-26)7-19(6-17)11-26/h1-2,10,17,19-21H,3-9,11-16H2,(H,29,30,31,33);1-2,8,15,17-19H,3-7,9-14H2,(H,32,33,34,36). The molecule has 0 atom stereocenters. The van der Waals surface area contributed by atoms with Gasteiger partial charge in [-0.15, -0.1) is 0 Å². The van der Waals surface area contributed by atoms with Gasteiger partial charge < -0.3 is 15.4 Å². The van der Waals surface area contributed by atoms with Crippen LogP contribution in [0.15, 0.2) is 49.1 Å². The highest BCUT2D eigenvalue weighted by atomic mass is 19.4. The average molecular weight is 961 g/mol. The van der Waals surface area contributed by atoms with Gasteiger partial charge in [0.05, 0.1) is 23.6 Å². The Kier molecular flexibility index (Phi) is 12.0. The number of carbonyl (C=O) groups excluding carboxylic acids is 2. The van der Waals surface area contributed by atoms with Crippen LogP contribution in [0.5, 0.6) is 5.75 Å². The zero-order valence-corrected chi connectivity index (χ0v) is 40.0. The molecule has 5 heterocycles. The summed E-state index contributed by atoms with van der Waals surface area (Å²) in [5.41, 5.74) is 6.02. The maximum Gasteiger partial charge on any atom is 0.419 e. The van der Waals surface area contributed by atoms with Crippen molar-refractivity contribution in [2.75, 3.05) is 30.3 Å². The maximum atomic E-state index is 13.6. The third-order valence-electron chi connectivity index (χ3n) is 18.0. The number of anilines is 2. The second kappa shape index (κ2) is 18.2. The lowest BCUT2D eigenvalue weighted by Crippen LogP contribution is -2.47. The number of nitrogens with zero attached hydrogens (tertiary/aromatic N) is 6. The van der Waals surface area contributed by atoms with E-state index in [1.807, 2.05) is 4.90 Å². The van der Waals surface area contributed by atoms with Crippen molar-refractivity contribution >= 4 is 23.5 Å². The smallest absolute Gasteiger partial charge is 0.419 e. The lowest BCUT2D eigenvalue weighted by Gasteiger charge is -2.56. The number of nitrogens with one attached hydrogen (secondary N) is 2. The molecule has 8 fully saturated rings. The molecule has 0 spiro atoms. The van der Waals surface area contributed by atoms with Gasteiger partial charge in [-0.05, 0) is 171 Å². The van der Waals surface area contributed by atoms with Gasteiger partial charge in [-0.1, -0.05) is 18.2 Å². The van der Waals surface area contributed by atoms with Gasteiger partial charge in [0.15, 0.2) is 0 Å². The van der Waals surface area contributed by atoms with Gasteiger partial charge >= 0.3 is 6.18 Å². The molecule has 11 aliphatic rings. The molecule has 8 bridgehead atoms. The molecule has 0 unspecified atom stereocenters. The molecule has 2 aromatic heterocycles. The highest BCUT2D eigenvalue weighted by molar-refractivity contribution is 5.91. The summed E-state index contributed by atoms with van der Waals surface area (Å²) in [6.07, 6.45) is 17.5. The molecule has 4 aromatic rings. The first-order valence-corrected chi connectivity index (χ1v) is 26.1. The molecular weight excluding hydrogens is 897 g/mol. The van der Waals surface area contributed by atoms with Crippen LogP contribution in [-0.2, 0) is 61.2 Å². The normalized spacial score (nSPS) is 30.2. The van der Waals surface area contributed by atoms with Crippen molar-refractivity contribution in [1.29, 1.82) is 0 Å². The monoisotopic (exact) mass is 961 g/mol. The zero-order valence-electron chi connectivity index (χ0n) is 40.0. The van der Waals surface area contributed by atoms with Gasteiger partial charge in [0.2, 0.25) is 11.8 Å². The van der Waals surface area contributed by atoms with Crippen molar-refractivity contribution in [2.24, 2.45) is 46.3 Å². The fourth-order valence-electron chi connectivity index (χ4n) is 16.1. The Bertz CT molecular complexity index is 2600. The summed E-state index contributed by atoms with van der Waals surface area (Å²) in [7, 11) is 0. The van der Waals surface area contributed by atoms with E-state index in [2.05, 4.69) is 53.7 Å². The number of hydrogen-bond acceptors (Lipinski definition) is 9. The van der Waals surface area contributed by atoms with E-state index in [-0.39, 0.29) is 29.2 Å². The van der Waals surface area contributed by atoms with E-state index in [0.717, 1.165) is 121 Å². The largest absolute Gasteiger partial charge is 0.493 e. The predicted octanol–water partition coefficient (Wildman–Crippen LogP) is 10.3. The molecule has 15 rings (SSSR count). The molecule has 15 heteroatoms. The van der Waals surface area contributed by atoms with Gasteiger partial charge in [0, 0.05) is 69.7 Å². The minimum atomic E-state index is -4.73.